The second-order valence-electron chi connectivity index (χ2n) is 2.36. The van der Waals surface area contributed by atoms with E-state index in [9.17, 15) is 13.2 Å². The van der Waals surface area contributed by atoms with E-state index in [1.807, 2.05) is 0 Å². The van der Waals surface area contributed by atoms with Gasteiger partial charge in [0.25, 0.3) is 0 Å². The molecule has 1 aromatic rings. The van der Waals surface area contributed by atoms with Gasteiger partial charge in [-0.25, -0.2) is 0 Å². The molecular weight excluding hydrogens is 244 g/mol. The van der Waals surface area contributed by atoms with Crippen LogP contribution in [0.25, 0.3) is 0 Å². The predicted octanol–water partition coefficient (Wildman–Crippen LogP) is 2.38. The summed E-state index contributed by atoms with van der Waals surface area (Å²) in [6, 6.07) is 0.815. The third-order valence-corrected chi connectivity index (χ3v) is 1.83. The molecule has 1 atom stereocenters. The van der Waals surface area contributed by atoms with E-state index in [4.69, 9.17) is 28.3 Å². The molecule has 0 saturated heterocycles. The summed E-state index contributed by atoms with van der Waals surface area (Å²) in [5, 5.41) is 14.4. The normalized spacial score (nSPS) is 14.1. The van der Waals surface area contributed by atoms with Crippen LogP contribution in [-0.4, -0.2) is 21.5 Å². The van der Waals surface area contributed by atoms with Gasteiger partial charge in [0, 0.05) is 5.56 Å². The van der Waals surface area contributed by atoms with Crippen molar-refractivity contribution in [3.05, 3.63) is 21.9 Å². The molecule has 14 heavy (non-hydrogen) atoms. The van der Waals surface area contributed by atoms with Crippen molar-refractivity contribution in [1.29, 1.82) is 0 Å². The number of halogens is 5. The van der Waals surface area contributed by atoms with E-state index in [1.165, 1.54) is 0 Å². The van der Waals surface area contributed by atoms with Crippen molar-refractivity contribution in [3.63, 3.8) is 0 Å². The van der Waals surface area contributed by atoms with Crippen LogP contribution in [0.2, 0.25) is 10.3 Å². The first kappa shape index (κ1) is 11.5. The first-order valence-electron chi connectivity index (χ1n) is 3.26. The first-order valence-corrected chi connectivity index (χ1v) is 4.01. The number of aliphatic hydroxyl groups is 1. The highest BCUT2D eigenvalue weighted by Gasteiger charge is 2.41. The minimum absolute atomic E-state index is 0.271. The SMILES string of the molecule is O[C@H](c1cc(Cl)nnc1Cl)C(F)(F)F. The van der Waals surface area contributed by atoms with E-state index < -0.39 is 23.0 Å². The first-order chi connectivity index (χ1) is 6.32. The maximum Gasteiger partial charge on any atom is 0.418 e. The summed E-state index contributed by atoms with van der Waals surface area (Å²) in [6.45, 7) is 0. The van der Waals surface area contributed by atoms with Gasteiger partial charge in [-0.2, -0.15) is 13.2 Å². The molecule has 0 fully saturated rings. The van der Waals surface area contributed by atoms with Crippen molar-refractivity contribution >= 4 is 23.2 Å². The molecule has 3 nitrogen and oxygen atoms in total. The second kappa shape index (κ2) is 3.88. The molecule has 0 aromatic carbocycles. The van der Waals surface area contributed by atoms with Crippen molar-refractivity contribution in [2.45, 2.75) is 12.3 Å². The molecule has 8 heteroatoms. The van der Waals surface area contributed by atoms with Gasteiger partial charge in [-0.05, 0) is 6.07 Å². The molecule has 0 aliphatic rings. The molecule has 1 rings (SSSR count). The molecule has 1 heterocycles. The Kier molecular flexibility index (Phi) is 3.18. The Hall–Kier alpha value is -0.590. The summed E-state index contributed by atoms with van der Waals surface area (Å²) >= 11 is 10.6. The van der Waals surface area contributed by atoms with Gasteiger partial charge in [0.1, 0.15) is 0 Å². The van der Waals surface area contributed by atoms with Gasteiger partial charge in [0.15, 0.2) is 16.4 Å². The summed E-state index contributed by atoms with van der Waals surface area (Å²) in [4.78, 5) is 0. The van der Waals surface area contributed by atoms with E-state index in [-0.39, 0.29) is 5.15 Å². The number of hydrogen-bond acceptors (Lipinski definition) is 3. The summed E-state index contributed by atoms with van der Waals surface area (Å²) in [7, 11) is 0. The highest BCUT2D eigenvalue weighted by atomic mass is 35.5. The lowest BCUT2D eigenvalue weighted by Gasteiger charge is -2.14. The summed E-state index contributed by atoms with van der Waals surface area (Å²) < 4.78 is 36.1. The van der Waals surface area contributed by atoms with Crippen molar-refractivity contribution < 1.29 is 18.3 Å². The Morgan fingerprint density at radius 1 is 1.29 bits per heavy atom. The van der Waals surface area contributed by atoms with Crippen molar-refractivity contribution in [2.75, 3.05) is 0 Å². The number of hydrogen-bond donors (Lipinski definition) is 1. The third-order valence-electron chi connectivity index (χ3n) is 1.35. The van der Waals surface area contributed by atoms with Crippen LogP contribution >= 0.6 is 23.2 Å². The van der Waals surface area contributed by atoms with E-state index >= 15 is 0 Å². The number of aliphatic hydroxyl groups excluding tert-OH is 1. The van der Waals surface area contributed by atoms with Gasteiger partial charge < -0.3 is 5.11 Å². The smallest absolute Gasteiger partial charge is 0.379 e. The average Bonchev–Trinajstić information content (AvgIpc) is 2.06. The molecule has 1 N–H and O–H groups in total. The number of aromatic nitrogens is 2. The Bertz CT molecular complexity index is 344. The van der Waals surface area contributed by atoms with Crippen LogP contribution in [-0.2, 0) is 0 Å². The highest BCUT2D eigenvalue weighted by molar-refractivity contribution is 6.31. The molecule has 0 bridgehead atoms. The zero-order valence-corrected chi connectivity index (χ0v) is 7.90. The van der Waals surface area contributed by atoms with E-state index in [2.05, 4.69) is 10.2 Å². The monoisotopic (exact) mass is 246 g/mol. The molecule has 0 saturated carbocycles. The molecule has 0 spiro atoms. The van der Waals surface area contributed by atoms with Crippen molar-refractivity contribution in [1.82, 2.24) is 10.2 Å². The van der Waals surface area contributed by atoms with Gasteiger partial charge in [-0.3, -0.25) is 0 Å². The molecule has 78 valence electrons. The van der Waals surface area contributed by atoms with Crippen LogP contribution in [0.15, 0.2) is 6.07 Å². The Balaban J connectivity index is 3.12. The minimum Gasteiger partial charge on any atom is -0.379 e. The molecular formula is C6H3Cl2F3N2O. The zero-order chi connectivity index (χ0) is 10.9. The van der Waals surface area contributed by atoms with Gasteiger partial charge in [0.2, 0.25) is 0 Å². The van der Waals surface area contributed by atoms with Crippen LogP contribution in [0.1, 0.15) is 11.7 Å². The lowest BCUT2D eigenvalue weighted by molar-refractivity contribution is -0.206. The molecule has 0 radical (unpaired) electrons. The zero-order valence-electron chi connectivity index (χ0n) is 6.39. The van der Waals surface area contributed by atoms with E-state index in [0.29, 0.717) is 0 Å². The maximum absolute atomic E-state index is 12.0. The fourth-order valence-electron chi connectivity index (χ4n) is 0.734. The molecule has 0 amide bonds. The van der Waals surface area contributed by atoms with Crippen LogP contribution in [0, 0.1) is 0 Å². The molecule has 0 aliphatic carbocycles. The highest BCUT2D eigenvalue weighted by Crippen LogP contribution is 2.35. The fourth-order valence-corrected chi connectivity index (χ4v) is 1.09. The fraction of sp³-hybridized carbons (Fsp3) is 0.333. The number of alkyl halides is 3. The minimum atomic E-state index is -4.81. The van der Waals surface area contributed by atoms with Crippen LogP contribution in [0.5, 0.6) is 0 Å². The molecule has 1 aromatic heterocycles. The third kappa shape index (κ3) is 2.46. The quantitative estimate of drug-likeness (QED) is 0.828. The van der Waals surface area contributed by atoms with Crippen molar-refractivity contribution in [3.8, 4) is 0 Å². The van der Waals surface area contributed by atoms with Crippen molar-refractivity contribution in [2.24, 2.45) is 0 Å². The standard InChI is InChI=1S/C6H3Cl2F3N2O/c7-3-1-2(5(8)13-12-3)4(14)6(9,10)11/h1,4,14H/t4-/m1/s1. The molecule has 0 unspecified atom stereocenters. The van der Waals surface area contributed by atoms with E-state index in [0.717, 1.165) is 6.07 Å². The number of rotatable bonds is 1. The summed E-state index contributed by atoms with van der Waals surface area (Å²) in [5.74, 6) is 0. The van der Waals surface area contributed by atoms with E-state index in [1.54, 1.807) is 0 Å². The van der Waals surface area contributed by atoms with Gasteiger partial charge in [-0.1, -0.05) is 23.2 Å². The van der Waals surface area contributed by atoms with Crippen LogP contribution < -0.4 is 0 Å². The topological polar surface area (TPSA) is 46.0 Å². The second-order valence-corrected chi connectivity index (χ2v) is 3.10. The molecule has 0 aliphatic heterocycles. The Morgan fingerprint density at radius 3 is 2.36 bits per heavy atom. The number of nitrogens with zero attached hydrogens (tertiary/aromatic N) is 2. The van der Waals surface area contributed by atoms with Gasteiger partial charge in [-0.15, -0.1) is 10.2 Å². The lowest BCUT2D eigenvalue weighted by atomic mass is 10.2. The largest absolute Gasteiger partial charge is 0.418 e. The average molecular weight is 247 g/mol. The maximum atomic E-state index is 12.0. The van der Waals surface area contributed by atoms with Crippen LogP contribution in [0.3, 0.4) is 0 Å². The van der Waals surface area contributed by atoms with Gasteiger partial charge >= 0.3 is 6.18 Å². The Labute approximate surface area is 86.5 Å². The van der Waals surface area contributed by atoms with Crippen LogP contribution in [0.4, 0.5) is 13.2 Å². The summed E-state index contributed by atoms with van der Waals surface area (Å²) in [5.41, 5.74) is -0.612. The summed E-state index contributed by atoms with van der Waals surface area (Å²) in [6.07, 6.45) is -7.52. The predicted molar refractivity (Wildman–Crippen MR) is 43.1 cm³/mol. The lowest BCUT2D eigenvalue weighted by Crippen LogP contribution is -2.21. The Morgan fingerprint density at radius 2 is 1.86 bits per heavy atom. The van der Waals surface area contributed by atoms with Gasteiger partial charge in [0.05, 0.1) is 0 Å².